The lowest BCUT2D eigenvalue weighted by molar-refractivity contribution is 0.474. The van der Waals surface area contributed by atoms with Crippen LogP contribution in [0, 0.1) is 13.8 Å². The first kappa shape index (κ1) is 12.0. The van der Waals surface area contributed by atoms with Crippen LogP contribution in [-0.2, 0) is 0 Å². The van der Waals surface area contributed by atoms with Gasteiger partial charge in [-0.1, -0.05) is 0 Å². The Balaban J connectivity index is 1.93. The van der Waals surface area contributed by atoms with Crippen LogP contribution < -0.4 is 0 Å². The molecule has 104 valence electrons. The largest absolute Gasteiger partial charge is 0.508 e. The van der Waals surface area contributed by atoms with Crippen LogP contribution in [-0.4, -0.2) is 15.1 Å². The topological polar surface area (TPSA) is 72.3 Å². The van der Waals surface area contributed by atoms with E-state index in [1.165, 1.54) is 0 Å². The van der Waals surface area contributed by atoms with Gasteiger partial charge >= 0.3 is 0 Å². The number of phenolic OH excluding ortho intramolecular Hbond substituents is 1. The van der Waals surface area contributed by atoms with Crippen LogP contribution in [0.25, 0.3) is 33.7 Å². The summed E-state index contributed by atoms with van der Waals surface area (Å²) in [5, 5.41) is 9.69. The van der Waals surface area contributed by atoms with Gasteiger partial charge in [0.15, 0.2) is 17.1 Å². The van der Waals surface area contributed by atoms with Gasteiger partial charge in [-0.25, -0.2) is 9.97 Å². The van der Waals surface area contributed by atoms with Crippen molar-refractivity contribution in [3.05, 3.63) is 41.8 Å². The first-order valence-corrected chi connectivity index (χ1v) is 6.57. The number of aromatic nitrogens is 2. The predicted molar refractivity (Wildman–Crippen MR) is 78.2 cm³/mol. The summed E-state index contributed by atoms with van der Waals surface area (Å²) in [4.78, 5) is 8.75. The number of fused-ring (bicyclic) bond motifs is 2. The van der Waals surface area contributed by atoms with Gasteiger partial charge in [-0.05, 0) is 36.8 Å². The molecule has 0 amide bonds. The lowest BCUT2D eigenvalue weighted by Gasteiger charge is -1.99. The van der Waals surface area contributed by atoms with Gasteiger partial charge in [0, 0.05) is 18.6 Å². The van der Waals surface area contributed by atoms with Gasteiger partial charge in [0.05, 0.1) is 0 Å². The molecule has 0 bridgehead atoms. The number of rotatable bonds is 1. The quantitative estimate of drug-likeness (QED) is 0.571. The van der Waals surface area contributed by atoms with Gasteiger partial charge in [0.1, 0.15) is 16.8 Å². The van der Waals surface area contributed by atoms with E-state index < -0.39 is 0 Å². The molecule has 4 aromatic rings. The zero-order valence-corrected chi connectivity index (χ0v) is 11.5. The third-order valence-electron chi connectivity index (χ3n) is 3.31. The van der Waals surface area contributed by atoms with Crippen LogP contribution in [0.15, 0.2) is 39.2 Å². The summed E-state index contributed by atoms with van der Waals surface area (Å²) < 4.78 is 11.3. The lowest BCUT2D eigenvalue weighted by atomic mass is 10.1. The average molecular weight is 280 g/mol. The second-order valence-corrected chi connectivity index (χ2v) is 5.10. The van der Waals surface area contributed by atoms with Crippen LogP contribution in [0.2, 0.25) is 0 Å². The van der Waals surface area contributed by atoms with E-state index in [-0.39, 0.29) is 5.75 Å². The number of aryl methyl sites for hydroxylation is 2. The third kappa shape index (κ3) is 1.94. The minimum atomic E-state index is 0.193. The summed E-state index contributed by atoms with van der Waals surface area (Å²) >= 11 is 0. The smallest absolute Gasteiger partial charge is 0.227 e. The minimum absolute atomic E-state index is 0.193. The molecule has 0 aliphatic rings. The van der Waals surface area contributed by atoms with E-state index >= 15 is 0 Å². The maximum Gasteiger partial charge on any atom is 0.227 e. The molecule has 0 radical (unpaired) electrons. The highest BCUT2D eigenvalue weighted by molar-refractivity contribution is 5.90. The molecular weight excluding hydrogens is 268 g/mol. The first-order chi connectivity index (χ1) is 10.1. The fraction of sp³-hybridized carbons (Fsp3) is 0.125. The molecule has 2 aromatic carbocycles. The maximum atomic E-state index is 9.69. The number of hydrogen-bond donors (Lipinski definition) is 1. The lowest BCUT2D eigenvalue weighted by Crippen LogP contribution is -1.79. The van der Waals surface area contributed by atoms with Crippen LogP contribution in [0.3, 0.4) is 0 Å². The highest BCUT2D eigenvalue weighted by Crippen LogP contribution is 2.30. The molecule has 2 heterocycles. The average Bonchev–Trinajstić information content (AvgIpc) is 2.95. The highest BCUT2D eigenvalue weighted by Gasteiger charge is 2.12. The van der Waals surface area contributed by atoms with Crippen molar-refractivity contribution in [2.24, 2.45) is 0 Å². The van der Waals surface area contributed by atoms with Crippen molar-refractivity contribution in [2.45, 2.75) is 13.8 Å². The van der Waals surface area contributed by atoms with Crippen molar-refractivity contribution in [3.8, 4) is 17.2 Å². The molecule has 2 aromatic heterocycles. The molecule has 0 spiro atoms. The standard InChI is InChI=1S/C16H12N2O3/c1-8-3-10(5-11(19)4-8)16-18-13-6-12-14(7-15(13)21-16)20-9(2)17-12/h3-7,19H,1-2H3. The van der Waals surface area contributed by atoms with Gasteiger partial charge in [0.25, 0.3) is 0 Å². The normalized spacial score (nSPS) is 11.5. The number of phenols is 1. The van der Waals surface area contributed by atoms with Crippen molar-refractivity contribution in [1.29, 1.82) is 0 Å². The van der Waals surface area contributed by atoms with Crippen LogP contribution in [0.1, 0.15) is 11.5 Å². The van der Waals surface area contributed by atoms with Gasteiger partial charge in [-0.2, -0.15) is 0 Å². The molecule has 0 saturated carbocycles. The Bertz CT molecular complexity index is 911. The Hall–Kier alpha value is -2.82. The SMILES string of the molecule is Cc1cc(O)cc(-c2nc3cc4nc(C)oc4cc3o2)c1. The minimum Gasteiger partial charge on any atom is -0.508 e. The molecule has 0 saturated heterocycles. The monoisotopic (exact) mass is 280 g/mol. The van der Waals surface area contributed by atoms with Gasteiger partial charge in [-0.3, -0.25) is 0 Å². The molecule has 1 N–H and O–H groups in total. The molecule has 5 nitrogen and oxygen atoms in total. The number of aromatic hydroxyl groups is 1. The van der Waals surface area contributed by atoms with Gasteiger partial charge in [0.2, 0.25) is 5.89 Å². The van der Waals surface area contributed by atoms with Crippen molar-refractivity contribution >= 4 is 22.2 Å². The Morgan fingerprint density at radius 1 is 0.857 bits per heavy atom. The van der Waals surface area contributed by atoms with E-state index in [4.69, 9.17) is 8.83 Å². The van der Waals surface area contributed by atoms with E-state index in [0.717, 1.165) is 16.6 Å². The maximum absolute atomic E-state index is 9.69. The molecule has 0 aliphatic carbocycles. The number of oxazole rings is 2. The zero-order valence-electron chi connectivity index (χ0n) is 11.5. The third-order valence-corrected chi connectivity index (χ3v) is 3.31. The fourth-order valence-electron chi connectivity index (χ4n) is 2.47. The molecule has 4 rings (SSSR count). The zero-order chi connectivity index (χ0) is 14.6. The van der Waals surface area contributed by atoms with E-state index in [1.807, 2.05) is 19.1 Å². The molecule has 0 unspecified atom stereocenters. The van der Waals surface area contributed by atoms with Crippen molar-refractivity contribution in [2.75, 3.05) is 0 Å². The summed E-state index contributed by atoms with van der Waals surface area (Å²) in [6.07, 6.45) is 0. The summed E-state index contributed by atoms with van der Waals surface area (Å²) in [7, 11) is 0. The Morgan fingerprint density at radius 3 is 2.43 bits per heavy atom. The molecular formula is C16H12N2O3. The van der Waals surface area contributed by atoms with Crippen molar-refractivity contribution in [3.63, 3.8) is 0 Å². The van der Waals surface area contributed by atoms with Crippen LogP contribution in [0.4, 0.5) is 0 Å². The highest BCUT2D eigenvalue weighted by atomic mass is 16.4. The molecule has 5 heteroatoms. The van der Waals surface area contributed by atoms with E-state index in [2.05, 4.69) is 9.97 Å². The fourth-order valence-corrected chi connectivity index (χ4v) is 2.47. The van der Waals surface area contributed by atoms with Gasteiger partial charge < -0.3 is 13.9 Å². The molecule has 0 aliphatic heterocycles. The Morgan fingerprint density at radius 2 is 1.62 bits per heavy atom. The molecule has 0 fully saturated rings. The molecule has 21 heavy (non-hydrogen) atoms. The first-order valence-electron chi connectivity index (χ1n) is 6.57. The summed E-state index contributed by atoms with van der Waals surface area (Å²) in [5.74, 6) is 1.27. The second-order valence-electron chi connectivity index (χ2n) is 5.10. The van der Waals surface area contributed by atoms with E-state index in [1.54, 1.807) is 25.1 Å². The van der Waals surface area contributed by atoms with E-state index in [9.17, 15) is 5.11 Å². The summed E-state index contributed by atoms with van der Waals surface area (Å²) in [6, 6.07) is 8.85. The Kier molecular flexibility index (Phi) is 2.33. The second kappa shape index (κ2) is 4.09. The predicted octanol–water partition coefficient (Wildman–Crippen LogP) is 3.96. The van der Waals surface area contributed by atoms with Crippen molar-refractivity contribution < 1.29 is 13.9 Å². The van der Waals surface area contributed by atoms with Crippen molar-refractivity contribution in [1.82, 2.24) is 9.97 Å². The number of hydrogen-bond acceptors (Lipinski definition) is 5. The summed E-state index contributed by atoms with van der Waals surface area (Å²) in [5.41, 5.74) is 4.46. The molecule has 0 atom stereocenters. The number of benzene rings is 2. The van der Waals surface area contributed by atoms with Crippen LogP contribution >= 0.6 is 0 Å². The van der Waals surface area contributed by atoms with E-state index in [0.29, 0.717) is 28.5 Å². The number of nitrogens with zero attached hydrogens (tertiary/aromatic N) is 2. The van der Waals surface area contributed by atoms with Gasteiger partial charge in [-0.15, -0.1) is 0 Å². The Labute approximate surface area is 119 Å². The van der Waals surface area contributed by atoms with Crippen LogP contribution in [0.5, 0.6) is 5.75 Å². The summed E-state index contributed by atoms with van der Waals surface area (Å²) in [6.45, 7) is 3.71.